The second-order valence-electron chi connectivity index (χ2n) is 8.10. The van der Waals surface area contributed by atoms with Crippen molar-refractivity contribution in [1.29, 1.82) is 0 Å². The van der Waals surface area contributed by atoms with Crippen LogP contribution in [0, 0.1) is 11.6 Å². The highest BCUT2D eigenvalue weighted by Gasteiger charge is 2.26. The van der Waals surface area contributed by atoms with Gasteiger partial charge in [0.05, 0.1) is 12.1 Å². The Morgan fingerprint density at radius 3 is 2.49 bits per heavy atom. The zero-order chi connectivity index (χ0) is 24.9. The number of carboxylic acid groups (broad SMARTS) is 1. The summed E-state index contributed by atoms with van der Waals surface area (Å²) in [6, 6.07) is 5.06. The number of pyridine rings is 1. The molecule has 2 N–H and O–H groups in total. The molecule has 0 saturated carbocycles. The Morgan fingerprint density at radius 2 is 1.80 bits per heavy atom. The van der Waals surface area contributed by atoms with Gasteiger partial charge in [0.1, 0.15) is 5.69 Å². The van der Waals surface area contributed by atoms with Gasteiger partial charge in [-0.3, -0.25) is 24.0 Å². The summed E-state index contributed by atoms with van der Waals surface area (Å²) in [5, 5.41) is 19.3. The lowest BCUT2D eigenvalue weighted by Crippen LogP contribution is -2.28. The molecule has 10 nitrogen and oxygen atoms in total. The highest BCUT2D eigenvalue weighted by Crippen LogP contribution is 2.26. The molecule has 0 bridgehead atoms. The summed E-state index contributed by atoms with van der Waals surface area (Å²) in [5.41, 5.74) is 1.99. The highest BCUT2D eigenvalue weighted by atomic mass is 19.2. The summed E-state index contributed by atoms with van der Waals surface area (Å²) in [6.45, 7) is 1.09. The van der Waals surface area contributed by atoms with Crippen molar-refractivity contribution in [3.05, 3.63) is 76.4 Å². The number of carboxylic acids is 1. The van der Waals surface area contributed by atoms with E-state index in [0.717, 1.165) is 12.1 Å². The third kappa shape index (κ3) is 5.83. The normalized spacial score (nSPS) is 12.5. The number of aryl methyl sites for hydroxylation is 2. The van der Waals surface area contributed by atoms with Gasteiger partial charge < -0.3 is 15.3 Å². The predicted molar refractivity (Wildman–Crippen MR) is 117 cm³/mol. The molecule has 0 atom stereocenters. The van der Waals surface area contributed by atoms with Crippen LogP contribution in [0.5, 0.6) is 0 Å². The van der Waals surface area contributed by atoms with Crippen LogP contribution in [0.2, 0.25) is 0 Å². The third-order valence-electron chi connectivity index (χ3n) is 5.52. The molecular weight excluding hydrogens is 462 g/mol. The van der Waals surface area contributed by atoms with E-state index in [9.17, 15) is 23.2 Å². The molecular formula is C23H22F2N6O4. The molecule has 0 saturated heterocycles. The number of aromatic nitrogens is 4. The van der Waals surface area contributed by atoms with E-state index in [1.807, 2.05) is 0 Å². The van der Waals surface area contributed by atoms with Crippen molar-refractivity contribution in [3.8, 4) is 0 Å². The number of nitrogens with zero attached hydrogens (tertiary/aromatic N) is 5. The minimum atomic E-state index is -0.955. The van der Waals surface area contributed by atoms with Crippen molar-refractivity contribution in [3.63, 3.8) is 0 Å². The Kier molecular flexibility index (Phi) is 7.09. The number of halogens is 2. The molecule has 1 aliphatic heterocycles. The number of nitrogens with one attached hydrogen (secondary N) is 1. The van der Waals surface area contributed by atoms with E-state index in [1.165, 1.54) is 23.2 Å². The molecule has 2 aromatic heterocycles. The SMILES string of the molecule is O=C(O)CCc1cn(CCCNC(=O)c2cc(C(=O)N3Cc4cc(F)c(F)cc4C3)ccn2)nn1. The molecule has 182 valence electrons. The van der Waals surface area contributed by atoms with Crippen molar-refractivity contribution >= 4 is 17.8 Å². The van der Waals surface area contributed by atoms with Gasteiger partial charge in [0, 0.05) is 50.6 Å². The first-order valence-electron chi connectivity index (χ1n) is 10.9. The minimum absolute atomic E-state index is 0.0227. The zero-order valence-corrected chi connectivity index (χ0v) is 18.6. The van der Waals surface area contributed by atoms with Crippen LogP contribution in [-0.4, -0.2) is 54.3 Å². The number of benzene rings is 1. The molecule has 1 aliphatic rings. The van der Waals surface area contributed by atoms with Crippen LogP contribution < -0.4 is 5.32 Å². The Labute approximate surface area is 198 Å². The predicted octanol–water partition coefficient (Wildman–Crippen LogP) is 1.94. The number of hydrogen-bond acceptors (Lipinski definition) is 6. The molecule has 0 aliphatic carbocycles. The Morgan fingerprint density at radius 1 is 1.09 bits per heavy atom. The van der Waals surface area contributed by atoms with Crippen LogP contribution in [-0.2, 0) is 30.8 Å². The summed E-state index contributed by atoms with van der Waals surface area (Å²) in [4.78, 5) is 41.5. The molecule has 35 heavy (non-hydrogen) atoms. The number of carbonyl (C=O) groups excluding carboxylic acids is 2. The monoisotopic (exact) mass is 484 g/mol. The molecule has 0 radical (unpaired) electrons. The van der Waals surface area contributed by atoms with Crippen molar-refractivity contribution in [1.82, 2.24) is 30.2 Å². The fourth-order valence-corrected chi connectivity index (χ4v) is 3.74. The van der Waals surface area contributed by atoms with Gasteiger partial charge in [-0.2, -0.15) is 0 Å². The summed E-state index contributed by atoms with van der Waals surface area (Å²) < 4.78 is 28.6. The maximum Gasteiger partial charge on any atom is 0.303 e. The lowest BCUT2D eigenvalue weighted by atomic mass is 10.1. The first kappa shape index (κ1) is 23.9. The number of hydrogen-bond donors (Lipinski definition) is 2. The average molecular weight is 484 g/mol. The second-order valence-corrected chi connectivity index (χ2v) is 8.10. The van der Waals surface area contributed by atoms with E-state index in [4.69, 9.17) is 5.11 Å². The van der Waals surface area contributed by atoms with Crippen LogP contribution in [0.3, 0.4) is 0 Å². The van der Waals surface area contributed by atoms with Gasteiger partial charge in [0.15, 0.2) is 11.6 Å². The largest absolute Gasteiger partial charge is 0.481 e. The Bertz CT molecular complexity index is 1250. The maximum atomic E-state index is 13.5. The second kappa shape index (κ2) is 10.4. The van der Waals surface area contributed by atoms with Crippen LogP contribution in [0.1, 0.15) is 50.5 Å². The number of amides is 2. The first-order chi connectivity index (χ1) is 16.8. The number of fused-ring (bicyclic) bond motifs is 1. The molecule has 4 rings (SSSR count). The van der Waals surface area contributed by atoms with Crippen molar-refractivity contribution in [2.45, 2.75) is 38.9 Å². The summed E-state index contributed by atoms with van der Waals surface area (Å²) in [6.07, 6.45) is 3.85. The molecule has 2 amide bonds. The number of carbonyl (C=O) groups is 3. The fraction of sp³-hybridized carbons (Fsp3) is 0.304. The molecule has 12 heteroatoms. The molecule has 3 aromatic rings. The molecule has 0 unspecified atom stereocenters. The van der Waals surface area contributed by atoms with E-state index in [0.29, 0.717) is 42.8 Å². The Hall–Kier alpha value is -4.22. The van der Waals surface area contributed by atoms with Gasteiger partial charge in [0.2, 0.25) is 0 Å². The highest BCUT2D eigenvalue weighted by molar-refractivity contribution is 5.98. The quantitative estimate of drug-likeness (QED) is 0.444. The summed E-state index contributed by atoms with van der Waals surface area (Å²) >= 11 is 0. The minimum Gasteiger partial charge on any atom is -0.481 e. The van der Waals surface area contributed by atoms with Gasteiger partial charge in [-0.15, -0.1) is 5.10 Å². The standard InChI is InChI=1S/C23H22F2N6O4/c24-18-8-15-11-30(12-16(15)9-19(18)25)23(35)14-4-6-26-20(10-14)22(34)27-5-1-7-31-13-17(28-29-31)2-3-21(32)33/h4,6,8-10,13H,1-3,5,7,11-12H2,(H,27,34)(H,32,33). The maximum absolute atomic E-state index is 13.5. The number of rotatable bonds is 9. The van der Waals surface area contributed by atoms with E-state index < -0.39 is 23.5 Å². The Balaban J connectivity index is 1.28. The third-order valence-corrected chi connectivity index (χ3v) is 5.52. The lowest BCUT2D eigenvalue weighted by Gasteiger charge is -2.15. The summed E-state index contributed by atoms with van der Waals surface area (Å²) in [5.74, 6) is -3.64. The van der Waals surface area contributed by atoms with E-state index in [1.54, 1.807) is 10.9 Å². The molecule has 0 fully saturated rings. The average Bonchev–Trinajstić information content (AvgIpc) is 3.47. The summed E-state index contributed by atoms with van der Waals surface area (Å²) in [7, 11) is 0. The molecule has 1 aromatic carbocycles. The topological polar surface area (TPSA) is 130 Å². The fourth-order valence-electron chi connectivity index (χ4n) is 3.74. The van der Waals surface area contributed by atoms with Gasteiger partial charge in [-0.25, -0.2) is 8.78 Å². The van der Waals surface area contributed by atoms with Crippen LogP contribution in [0.4, 0.5) is 8.78 Å². The van der Waals surface area contributed by atoms with Crippen LogP contribution >= 0.6 is 0 Å². The molecule has 3 heterocycles. The van der Waals surface area contributed by atoms with Crippen LogP contribution in [0.25, 0.3) is 0 Å². The van der Waals surface area contributed by atoms with Gasteiger partial charge in [-0.05, 0) is 41.8 Å². The molecule has 0 spiro atoms. The van der Waals surface area contributed by atoms with Crippen molar-refractivity contribution < 1.29 is 28.3 Å². The first-order valence-corrected chi connectivity index (χ1v) is 10.9. The lowest BCUT2D eigenvalue weighted by molar-refractivity contribution is -0.136. The smallest absolute Gasteiger partial charge is 0.303 e. The number of aliphatic carboxylic acids is 1. The van der Waals surface area contributed by atoms with Crippen molar-refractivity contribution in [2.24, 2.45) is 0 Å². The van der Waals surface area contributed by atoms with Gasteiger partial charge in [-0.1, -0.05) is 5.21 Å². The van der Waals surface area contributed by atoms with Crippen molar-refractivity contribution in [2.75, 3.05) is 6.54 Å². The van der Waals surface area contributed by atoms with Gasteiger partial charge in [0.25, 0.3) is 11.8 Å². The van der Waals surface area contributed by atoms with E-state index >= 15 is 0 Å². The van der Waals surface area contributed by atoms with E-state index in [2.05, 4.69) is 20.6 Å². The van der Waals surface area contributed by atoms with Gasteiger partial charge >= 0.3 is 5.97 Å². The van der Waals surface area contributed by atoms with E-state index in [-0.39, 0.29) is 36.7 Å². The zero-order valence-electron chi connectivity index (χ0n) is 18.6. The van der Waals surface area contributed by atoms with Crippen LogP contribution in [0.15, 0.2) is 36.7 Å².